The second-order valence-electron chi connectivity index (χ2n) is 8.72. The minimum absolute atomic E-state index is 0.127. The molecule has 3 fully saturated rings. The number of aromatic nitrogens is 1. The summed E-state index contributed by atoms with van der Waals surface area (Å²) >= 11 is 0. The number of carboxylic acids is 1. The van der Waals surface area contributed by atoms with Gasteiger partial charge in [-0.15, -0.1) is 0 Å². The maximum atomic E-state index is 13.3. The van der Waals surface area contributed by atoms with Crippen LogP contribution < -0.4 is 5.32 Å². The molecule has 1 unspecified atom stereocenters. The highest BCUT2D eigenvalue weighted by Gasteiger charge is 2.33. The van der Waals surface area contributed by atoms with Crippen molar-refractivity contribution in [2.75, 3.05) is 26.2 Å². The summed E-state index contributed by atoms with van der Waals surface area (Å²) in [6.07, 6.45) is 4.59. The Balaban J connectivity index is 1.49. The number of hydrogen-bond donors (Lipinski definition) is 2. The van der Waals surface area contributed by atoms with E-state index in [1.54, 1.807) is 48.7 Å². The predicted octanol–water partition coefficient (Wildman–Crippen LogP) is 2.80. The van der Waals surface area contributed by atoms with E-state index in [4.69, 9.17) is 0 Å². The van der Waals surface area contributed by atoms with Gasteiger partial charge in [-0.05, 0) is 74.6 Å². The third kappa shape index (κ3) is 3.72. The molecule has 0 radical (unpaired) electrons. The molecule has 0 aliphatic carbocycles. The molecule has 3 aliphatic heterocycles. The number of benzene rings is 2. The molecule has 1 atom stereocenters. The van der Waals surface area contributed by atoms with Crippen molar-refractivity contribution in [1.82, 2.24) is 14.2 Å². The van der Waals surface area contributed by atoms with E-state index >= 15 is 0 Å². The molecule has 0 spiro atoms. The average Bonchev–Trinajstić information content (AvgIpc) is 3.20. The predicted molar refractivity (Wildman–Crippen MR) is 123 cm³/mol. The number of rotatable bonds is 7. The van der Waals surface area contributed by atoms with Crippen LogP contribution in [0.25, 0.3) is 10.9 Å². The molecule has 0 saturated carbocycles. The highest BCUT2D eigenvalue weighted by atomic mass is 32.2. The van der Waals surface area contributed by atoms with Gasteiger partial charge < -0.3 is 15.3 Å². The molecule has 168 valence electrons. The van der Waals surface area contributed by atoms with Gasteiger partial charge in [0.2, 0.25) is 0 Å². The standard InChI is InChI=1S/C24H27N3O4S/c28-24(29)20-7-4-8-22-23(20)18(9-12-25-21-16-26-13-10-17(21)11-14-26)15-27(22)32(30,31)19-5-2-1-3-6-19/h1-8,15,17,21,25H,9-14,16H2,(H,28,29). The van der Waals surface area contributed by atoms with Crippen molar-refractivity contribution in [3.05, 3.63) is 65.9 Å². The molecule has 4 heterocycles. The van der Waals surface area contributed by atoms with Crippen LogP contribution in [0.5, 0.6) is 0 Å². The first kappa shape index (κ1) is 21.2. The number of aromatic carboxylic acids is 1. The Morgan fingerprint density at radius 1 is 1.06 bits per heavy atom. The van der Waals surface area contributed by atoms with Crippen LogP contribution in [-0.4, -0.2) is 60.6 Å². The van der Waals surface area contributed by atoms with Crippen molar-refractivity contribution < 1.29 is 18.3 Å². The van der Waals surface area contributed by atoms with Gasteiger partial charge >= 0.3 is 5.97 Å². The fourth-order valence-corrected chi connectivity index (χ4v) is 6.60. The fraction of sp³-hybridized carbons (Fsp3) is 0.375. The SMILES string of the molecule is O=C(O)c1cccc2c1c(CCNC1CN3CCC1CC3)cn2S(=O)(=O)c1ccccc1. The average molecular weight is 454 g/mol. The number of hydrogen-bond acceptors (Lipinski definition) is 5. The summed E-state index contributed by atoms with van der Waals surface area (Å²) in [7, 11) is -3.84. The summed E-state index contributed by atoms with van der Waals surface area (Å²) in [6.45, 7) is 4.08. The Morgan fingerprint density at radius 3 is 2.47 bits per heavy atom. The second kappa shape index (κ2) is 8.35. The molecule has 0 amide bonds. The van der Waals surface area contributed by atoms with Crippen molar-refractivity contribution in [3.8, 4) is 0 Å². The highest BCUT2D eigenvalue weighted by molar-refractivity contribution is 7.90. The van der Waals surface area contributed by atoms with Gasteiger partial charge in [-0.2, -0.15) is 0 Å². The number of piperidine rings is 3. The molecule has 3 aromatic rings. The zero-order chi connectivity index (χ0) is 22.3. The first-order valence-corrected chi connectivity index (χ1v) is 12.5. The lowest BCUT2D eigenvalue weighted by Gasteiger charge is -2.45. The maximum Gasteiger partial charge on any atom is 0.336 e. The van der Waals surface area contributed by atoms with Crippen molar-refractivity contribution >= 4 is 26.9 Å². The Labute approximate surface area is 187 Å². The van der Waals surface area contributed by atoms with E-state index in [9.17, 15) is 18.3 Å². The largest absolute Gasteiger partial charge is 0.478 e. The van der Waals surface area contributed by atoms with Gasteiger partial charge in [0.25, 0.3) is 10.0 Å². The number of carbonyl (C=O) groups is 1. The van der Waals surface area contributed by atoms with Crippen LogP contribution in [0.2, 0.25) is 0 Å². The molecular weight excluding hydrogens is 426 g/mol. The lowest BCUT2D eigenvalue weighted by molar-refractivity contribution is 0.0699. The zero-order valence-electron chi connectivity index (χ0n) is 17.8. The lowest BCUT2D eigenvalue weighted by Crippen LogP contribution is -2.56. The monoisotopic (exact) mass is 453 g/mol. The molecule has 7 nitrogen and oxygen atoms in total. The second-order valence-corrected chi connectivity index (χ2v) is 10.5. The number of carboxylic acid groups (broad SMARTS) is 1. The van der Waals surface area contributed by atoms with Crippen molar-refractivity contribution in [3.63, 3.8) is 0 Å². The summed E-state index contributed by atoms with van der Waals surface area (Å²) in [6, 6.07) is 13.5. The lowest BCUT2D eigenvalue weighted by atomic mass is 9.84. The van der Waals surface area contributed by atoms with Gasteiger partial charge in [0, 0.05) is 24.2 Å². The minimum atomic E-state index is -3.84. The van der Waals surface area contributed by atoms with Crippen LogP contribution >= 0.6 is 0 Å². The van der Waals surface area contributed by atoms with E-state index < -0.39 is 16.0 Å². The summed E-state index contributed by atoms with van der Waals surface area (Å²) < 4.78 is 27.9. The molecule has 3 aliphatic rings. The summed E-state index contributed by atoms with van der Waals surface area (Å²) in [4.78, 5) is 14.6. The van der Waals surface area contributed by atoms with Gasteiger partial charge in [0.1, 0.15) is 0 Å². The molecule has 6 rings (SSSR count). The van der Waals surface area contributed by atoms with Gasteiger partial charge in [-0.3, -0.25) is 0 Å². The van der Waals surface area contributed by atoms with Crippen molar-refractivity contribution in [2.24, 2.45) is 5.92 Å². The Bertz CT molecular complexity index is 1240. The minimum Gasteiger partial charge on any atom is -0.478 e. The van der Waals surface area contributed by atoms with E-state index in [0.29, 0.717) is 35.8 Å². The summed E-state index contributed by atoms with van der Waals surface area (Å²) in [5.41, 5.74) is 1.25. The van der Waals surface area contributed by atoms with Crippen LogP contribution in [0.15, 0.2) is 59.6 Å². The molecule has 2 aromatic carbocycles. The van der Waals surface area contributed by atoms with E-state index in [2.05, 4.69) is 10.2 Å². The third-order valence-corrected chi connectivity index (χ3v) is 8.55. The molecule has 8 heteroatoms. The first-order chi connectivity index (χ1) is 15.4. The highest BCUT2D eigenvalue weighted by Crippen LogP contribution is 2.30. The molecule has 3 saturated heterocycles. The van der Waals surface area contributed by atoms with Crippen LogP contribution in [0.3, 0.4) is 0 Å². The summed E-state index contributed by atoms with van der Waals surface area (Å²) in [5.74, 6) is -0.369. The quantitative estimate of drug-likeness (QED) is 0.572. The smallest absolute Gasteiger partial charge is 0.336 e. The van der Waals surface area contributed by atoms with Gasteiger partial charge in [-0.1, -0.05) is 24.3 Å². The van der Waals surface area contributed by atoms with Crippen LogP contribution in [0, 0.1) is 5.92 Å². The zero-order valence-corrected chi connectivity index (χ0v) is 18.6. The van der Waals surface area contributed by atoms with E-state index in [1.165, 1.54) is 36.0 Å². The van der Waals surface area contributed by atoms with E-state index in [-0.39, 0.29) is 10.5 Å². The molecule has 2 bridgehead atoms. The topological polar surface area (TPSA) is 91.6 Å². The Hall–Kier alpha value is -2.68. The van der Waals surface area contributed by atoms with E-state index in [0.717, 1.165) is 12.1 Å². The van der Waals surface area contributed by atoms with Gasteiger partial charge in [0.05, 0.1) is 16.0 Å². The number of nitrogens with one attached hydrogen (secondary N) is 1. The van der Waals surface area contributed by atoms with Crippen LogP contribution in [-0.2, 0) is 16.4 Å². The normalized spacial score (nSPS) is 22.9. The Morgan fingerprint density at radius 2 is 1.81 bits per heavy atom. The first-order valence-electron chi connectivity index (χ1n) is 11.1. The van der Waals surface area contributed by atoms with Crippen LogP contribution in [0.1, 0.15) is 28.8 Å². The van der Waals surface area contributed by atoms with Crippen molar-refractivity contribution in [1.29, 1.82) is 0 Å². The van der Waals surface area contributed by atoms with E-state index in [1.807, 2.05) is 0 Å². The Kier molecular flexibility index (Phi) is 5.53. The maximum absolute atomic E-state index is 13.3. The molecule has 1 aromatic heterocycles. The molecule has 2 N–H and O–H groups in total. The third-order valence-electron chi connectivity index (χ3n) is 6.86. The summed E-state index contributed by atoms with van der Waals surface area (Å²) in [5, 5.41) is 13.9. The number of nitrogens with zero attached hydrogens (tertiary/aromatic N) is 2. The van der Waals surface area contributed by atoms with Crippen molar-refractivity contribution in [2.45, 2.75) is 30.2 Å². The van der Waals surface area contributed by atoms with Crippen LogP contribution in [0.4, 0.5) is 0 Å². The van der Waals surface area contributed by atoms with Gasteiger partial charge in [0.15, 0.2) is 0 Å². The number of fused-ring (bicyclic) bond motifs is 4. The fourth-order valence-electron chi connectivity index (χ4n) is 5.20. The molecule has 32 heavy (non-hydrogen) atoms. The van der Waals surface area contributed by atoms with Gasteiger partial charge in [-0.25, -0.2) is 17.2 Å². The molecular formula is C24H27N3O4S.